The van der Waals surface area contributed by atoms with Gasteiger partial charge in [-0.05, 0) is 41.8 Å². The third kappa shape index (κ3) is 3.12. The maximum atomic E-state index is 13.3. The van der Waals surface area contributed by atoms with E-state index in [-0.39, 0.29) is 11.4 Å². The molecule has 26 heavy (non-hydrogen) atoms. The van der Waals surface area contributed by atoms with Crippen molar-refractivity contribution in [3.05, 3.63) is 82.4 Å². The summed E-state index contributed by atoms with van der Waals surface area (Å²) in [6, 6.07) is 11.1. The molecule has 1 unspecified atom stereocenters. The zero-order valence-corrected chi connectivity index (χ0v) is 13.7. The number of benzene rings is 2. The number of H-pyrrole nitrogens is 2. The van der Waals surface area contributed by atoms with Crippen molar-refractivity contribution in [3.63, 3.8) is 0 Å². The van der Waals surface area contributed by atoms with Gasteiger partial charge in [0.15, 0.2) is 0 Å². The predicted octanol–water partition coefficient (Wildman–Crippen LogP) is 2.69. The minimum atomic E-state index is -0.539. The number of hydrogen-bond acceptors (Lipinski definition) is 4. The first-order valence-corrected chi connectivity index (χ1v) is 8.13. The topological polar surface area (TPSA) is 100 Å². The highest BCUT2D eigenvalue weighted by Crippen LogP contribution is 2.22. The number of nitrogens with zero attached hydrogens (tertiary/aromatic N) is 2. The van der Waals surface area contributed by atoms with Crippen LogP contribution in [0.3, 0.4) is 0 Å². The zero-order valence-electron chi connectivity index (χ0n) is 13.7. The van der Waals surface area contributed by atoms with Gasteiger partial charge in [-0.25, -0.2) is 9.37 Å². The van der Waals surface area contributed by atoms with Gasteiger partial charge in [0.05, 0.1) is 23.1 Å². The average Bonchev–Trinajstić information content (AvgIpc) is 3.16. The van der Waals surface area contributed by atoms with Gasteiger partial charge in [-0.15, -0.1) is 0 Å². The van der Waals surface area contributed by atoms with E-state index < -0.39 is 6.04 Å². The fraction of sp³-hybridized carbons (Fsp3) is 0.105. The molecule has 0 bridgehead atoms. The van der Waals surface area contributed by atoms with Crippen LogP contribution in [-0.4, -0.2) is 20.2 Å². The summed E-state index contributed by atoms with van der Waals surface area (Å²) in [5.41, 5.74) is 8.98. The van der Waals surface area contributed by atoms with Crippen molar-refractivity contribution in [1.29, 1.82) is 0 Å². The second kappa shape index (κ2) is 6.53. The van der Waals surface area contributed by atoms with Crippen molar-refractivity contribution in [2.45, 2.75) is 12.5 Å². The van der Waals surface area contributed by atoms with Crippen LogP contribution in [0.4, 0.5) is 4.39 Å². The maximum Gasteiger partial charge on any atom is 0.258 e. The van der Waals surface area contributed by atoms with Gasteiger partial charge in [-0.3, -0.25) is 9.89 Å². The summed E-state index contributed by atoms with van der Waals surface area (Å²) in [5.74, 6) is 0.0595. The average molecular weight is 349 g/mol. The molecule has 0 aliphatic carbocycles. The molecule has 0 amide bonds. The van der Waals surface area contributed by atoms with Gasteiger partial charge in [-0.2, -0.15) is 5.10 Å². The van der Waals surface area contributed by atoms with Crippen LogP contribution >= 0.6 is 0 Å². The lowest BCUT2D eigenvalue weighted by Crippen LogP contribution is -2.21. The normalized spacial score (nSPS) is 12.4. The summed E-state index contributed by atoms with van der Waals surface area (Å²) < 4.78 is 13.3. The lowest BCUT2D eigenvalue weighted by molar-refractivity contribution is 0.618. The second-order valence-corrected chi connectivity index (χ2v) is 6.11. The Morgan fingerprint density at radius 1 is 1.15 bits per heavy atom. The largest absolute Gasteiger partial charge is 0.321 e. The molecule has 0 aliphatic rings. The highest BCUT2D eigenvalue weighted by Gasteiger charge is 2.13. The standard InChI is InChI=1S/C19H16FN5O/c20-14-3-1-2-11(6-14)7-16(21)18-24-17-5-4-12(13-9-22-23-10-13)8-15(17)19(26)25-18/h1-6,8-10,16H,7,21H2,(H,22,23)(H,24,25,26). The van der Waals surface area contributed by atoms with E-state index in [1.165, 1.54) is 12.1 Å². The molecule has 0 spiro atoms. The summed E-state index contributed by atoms with van der Waals surface area (Å²) in [7, 11) is 0. The minimum Gasteiger partial charge on any atom is -0.321 e. The molecular weight excluding hydrogens is 333 g/mol. The van der Waals surface area contributed by atoms with Gasteiger partial charge in [0.25, 0.3) is 5.56 Å². The van der Waals surface area contributed by atoms with Crippen molar-refractivity contribution in [2.24, 2.45) is 5.73 Å². The second-order valence-electron chi connectivity index (χ2n) is 6.11. The Morgan fingerprint density at radius 3 is 2.81 bits per heavy atom. The molecule has 0 saturated carbocycles. The third-order valence-corrected chi connectivity index (χ3v) is 4.25. The van der Waals surface area contributed by atoms with Gasteiger partial charge >= 0.3 is 0 Å². The molecule has 2 aromatic heterocycles. The van der Waals surface area contributed by atoms with E-state index in [0.717, 1.165) is 16.7 Å². The van der Waals surface area contributed by atoms with Crippen molar-refractivity contribution in [1.82, 2.24) is 20.2 Å². The molecule has 0 fully saturated rings. The predicted molar refractivity (Wildman–Crippen MR) is 97.0 cm³/mol. The maximum absolute atomic E-state index is 13.3. The van der Waals surface area contributed by atoms with E-state index >= 15 is 0 Å². The Bertz CT molecular complexity index is 1120. The van der Waals surface area contributed by atoms with Gasteiger partial charge in [0, 0.05) is 11.8 Å². The highest BCUT2D eigenvalue weighted by molar-refractivity contribution is 5.83. The molecule has 1 atom stereocenters. The molecule has 4 N–H and O–H groups in total. The van der Waals surface area contributed by atoms with E-state index in [9.17, 15) is 9.18 Å². The Hall–Kier alpha value is -3.32. The van der Waals surface area contributed by atoms with Crippen LogP contribution in [0.1, 0.15) is 17.4 Å². The molecule has 6 nitrogen and oxygen atoms in total. The van der Waals surface area contributed by atoms with Crippen LogP contribution in [0.2, 0.25) is 0 Å². The SMILES string of the molecule is NC(Cc1cccc(F)c1)c1nc2ccc(-c3cn[nH]c3)cc2c(=O)[nH]1. The summed E-state index contributed by atoms with van der Waals surface area (Å²) >= 11 is 0. The Morgan fingerprint density at radius 2 is 2.04 bits per heavy atom. The third-order valence-electron chi connectivity index (χ3n) is 4.25. The van der Waals surface area contributed by atoms with Gasteiger partial charge < -0.3 is 10.7 Å². The van der Waals surface area contributed by atoms with Gasteiger partial charge in [0.1, 0.15) is 11.6 Å². The number of fused-ring (bicyclic) bond motifs is 1. The van der Waals surface area contributed by atoms with Crippen molar-refractivity contribution in [3.8, 4) is 11.1 Å². The van der Waals surface area contributed by atoms with Crippen molar-refractivity contribution in [2.75, 3.05) is 0 Å². The number of aromatic amines is 2. The van der Waals surface area contributed by atoms with Gasteiger partial charge in [-0.1, -0.05) is 18.2 Å². The first-order valence-electron chi connectivity index (χ1n) is 8.13. The van der Waals surface area contributed by atoms with Crippen molar-refractivity contribution >= 4 is 10.9 Å². The molecule has 4 aromatic rings. The smallest absolute Gasteiger partial charge is 0.258 e. The van der Waals surface area contributed by atoms with Crippen LogP contribution in [0.5, 0.6) is 0 Å². The molecule has 0 saturated heterocycles. The molecule has 2 heterocycles. The molecule has 130 valence electrons. The number of hydrogen-bond donors (Lipinski definition) is 3. The quantitative estimate of drug-likeness (QED) is 0.527. The Balaban J connectivity index is 1.68. The van der Waals surface area contributed by atoms with E-state index in [2.05, 4.69) is 20.2 Å². The number of aromatic nitrogens is 4. The molecule has 4 rings (SSSR count). The van der Waals surface area contributed by atoms with E-state index in [1.807, 2.05) is 6.07 Å². The number of rotatable bonds is 4. The lowest BCUT2D eigenvalue weighted by Gasteiger charge is -2.12. The number of halogens is 1. The summed E-state index contributed by atoms with van der Waals surface area (Å²) in [6.45, 7) is 0. The first-order chi connectivity index (χ1) is 12.6. The molecule has 7 heteroatoms. The van der Waals surface area contributed by atoms with E-state index in [1.54, 1.807) is 36.7 Å². The summed E-state index contributed by atoms with van der Waals surface area (Å²) in [6.07, 6.45) is 3.82. The van der Waals surface area contributed by atoms with Crippen LogP contribution < -0.4 is 11.3 Å². The summed E-state index contributed by atoms with van der Waals surface area (Å²) in [5, 5.41) is 7.14. The van der Waals surface area contributed by atoms with Crippen molar-refractivity contribution < 1.29 is 4.39 Å². The molecule has 2 aromatic carbocycles. The minimum absolute atomic E-state index is 0.259. The van der Waals surface area contributed by atoms with Crippen LogP contribution in [0.15, 0.2) is 59.7 Å². The van der Waals surface area contributed by atoms with Crippen LogP contribution in [0.25, 0.3) is 22.0 Å². The van der Waals surface area contributed by atoms with Crippen LogP contribution in [0, 0.1) is 5.82 Å². The molecule has 0 aliphatic heterocycles. The zero-order chi connectivity index (χ0) is 18.1. The number of nitrogens with one attached hydrogen (secondary N) is 2. The Labute approximate surface area is 147 Å². The lowest BCUT2D eigenvalue weighted by atomic mass is 10.0. The van der Waals surface area contributed by atoms with E-state index in [0.29, 0.717) is 23.1 Å². The monoisotopic (exact) mass is 349 g/mol. The molecular formula is C19H16FN5O. The Kier molecular flexibility index (Phi) is 4.06. The number of nitrogens with two attached hydrogens (primary N) is 1. The summed E-state index contributed by atoms with van der Waals surface area (Å²) in [4.78, 5) is 19.7. The fourth-order valence-electron chi connectivity index (χ4n) is 2.94. The fourth-order valence-corrected chi connectivity index (χ4v) is 2.94. The van der Waals surface area contributed by atoms with Gasteiger partial charge in [0.2, 0.25) is 0 Å². The molecule has 0 radical (unpaired) electrons. The first kappa shape index (κ1) is 16.2. The highest BCUT2D eigenvalue weighted by atomic mass is 19.1. The van der Waals surface area contributed by atoms with Crippen LogP contribution in [-0.2, 0) is 6.42 Å². The van der Waals surface area contributed by atoms with E-state index in [4.69, 9.17) is 5.73 Å².